The Morgan fingerprint density at radius 2 is 2.12 bits per heavy atom. The maximum Gasteiger partial charge on any atom is 0.241 e. The minimum atomic E-state index is -0.316. The molecule has 1 fully saturated rings. The van der Waals surface area contributed by atoms with Crippen LogP contribution in [0.1, 0.15) is 18.6 Å². The van der Waals surface area contributed by atoms with Gasteiger partial charge in [-0.15, -0.1) is 0 Å². The molecule has 7 heteroatoms. The van der Waals surface area contributed by atoms with E-state index in [1.54, 1.807) is 18.2 Å². The number of nitrogens with zero attached hydrogens (tertiary/aromatic N) is 1. The van der Waals surface area contributed by atoms with E-state index in [4.69, 9.17) is 27.9 Å². The highest BCUT2D eigenvalue weighted by Gasteiger charge is 2.29. The zero-order valence-corrected chi connectivity index (χ0v) is 17.3. The third-order valence-electron chi connectivity index (χ3n) is 4.43. The molecule has 1 saturated heterocycles. The van der Waals surface area contributed by atoms with E-state index in [2.05, 4.69) is 26.1 Å². The fourth-order valence-corrected chi connectivity index (χ4v) is 3.68. The first-order valence-corrected chi connectivity index (χ1v) is 9.86. The SMILES string of the molecule is CC(C(=O)Nc1cc(Cl)ccc1Cl)N1CCOC(c2cccc(Br)c2)C1. The largest absolute Gasteiger partial charge is 0.371 e. The Hall–Kier alpha value is -1.11. The summed E-state index contributed by atoms with van der Waals surface area (Å²) in [5.74, 6) is -0.121. The number of benzene rings is 2. The number of halogens is 3. The van der Waals surface area contributed by atoms with Crippen LogP contribution in [0.3, 0.4) is 0 Å². The Balaban J connectivity index is 1.67. The number of hydrogen-bond acceptors (Lipinski definition) is 3. The van der Waals surface area contributed by atoms with E-state index in [-0.39, 0.29) is 18.1 Å². The summed E-state index contributed by atoms with van der Waals surface area (Å²) in [6, 6.07) is 12.7. The maximum atomic E-state index is 12.7. The predicted octanol–water partition coefficient (Wildman–Crippen LogP) is 5.16. The topological polar surface area (TPSA) is 41.6 Å². The Morgan fingerprint density at radius 3 is 2.88 bits per heavy atom. The number of carbonyl (C=O) groups is 1. The van der Waals surface area contributed by atoms with Crippen molar-refractivity contribution >= 4 is 50.7 Å². The molecule has 1 aliphatic rings. The summed E-state index contributed by atoms with van der Waals surface area (Å²) in [7, 11) is 0. The van der Waals surface area contributed by atoms with Gasteiger partial charge in [0.05, 0.1) is 29.5 Å². The molecule has 0 aliphatic carbocycles. The number of rotatable bonds is 4. The average molecular weight is 458 g/mol. The van der Waals surface area contributed by atoms with Crippen LogP contribution < -0.4 is 5.32 Å². The first-order chi connectivity index (χ1) is 12.4. The molecule has 0 bridgehead atoms. The molecular formula is C19H19BrCl2N2O2. The lowest BCUT2D eigenvalue weighted by atomic mass is 10.1. The normalized spacial score (nSPS) is 19.2. The molecular weight excluding hydrogens is 439 g/mol. The average Bonchev–Trinajstić information content (AvgIpc) is 2.64. The molecule has 0 spiro atoms. The highest BCUT2D eigenvalue weighted by Crippen LogP contribution is 2.28. The number of morpholine rings is 1. The third kappa shape index (κ3) is 4.78. The predicted molar refractivity (Wildman–Crippen MR) is 109 cm³/mol. The lowest BCUT2D eigenvalue weighted by Gasteiger charge is -2.36. The van der Waals surface area contributed by atoms with Gasteiger partial charge in [-0.2, -0.15) is 0 Å². The van der Waals surface area contributed by atoms with Crippen LogP contribution >= 0.6 is 39.1 Å². The molecule has 2 atom stereocenters. The summed E-state index contributed by atoms with van der Waals surface area (Å²) in [5, 5.41) is 3.85. The summed E-state index contributed by atoms with van der Waals surface area (Å²) in [6.07, 6.45) is -0.0637. The molecule has 0 aromatic heterocycles. The van der Waals surface area contributed by atoms with Gasteiger partial charge in [-0.05, 0) is 42.8 Å². The van der Waals surface area contributed by atoms with Crippen LogP contribution in [-0.2, 0) is 9.53 Å². The maximum absolute atomic E-state index is 12.7. The van der Waals surface area contributed by atoms with Gasteiger partial charge in [0.2, 0.25) is 5.91 Å². The van der Waals surface area contributed by atoms with Gasteiger partial charge >= 0.3 is 0 Å². The van der Waals surface area contributed by atoms with E-state index in [9.17, 15) is 4.79 Å². The van der Waals surface area contributed by atoms with Gasteiger partial charge in [0.1, 0.15) is 0 Å². The number of nitrogens with one attached hydrogen (secondary N) is 1. The molecule has 1 N–H and O–H groups in total. The van der Waals surface area contributed by atoms with Crippen molar-refractivity contribution in [3.63, 3.8) is 0 Å². The van der Waals surface area contributed by atoms with Gasteiger partial charge in [-0.25, -0.2) is 0 Å². The summed E-state index contributed by atoms with van der Waals surface area (Å²) < 4.78 is 6.91. The molecule has 1 heterocycles. The van der Waals surface area contributed by atoms with E-state index in [1.165, 1.54) is 0 Å². The summed E-state index contributed by atoms with van der Waals surface area (Å²) in [6.45, 7) is 3.81. The van der Waals surface area contributed by atoms with Crippen LogP contribution in [0.15, 0.2) is 46.9 Å². The highest BCUT2D eigenvalue weighted by molar-refractivity contribution is 9.10. The molecule has 4 nitrogen and oxygen atoms in total. The molecule has 0 saturated carbocycles. The van der Waals surface area contributed by atoms with E-state index in [0.29, 0.717) is 35.4 Å². The summed E-state index contributed by atoms with van der Waals surface area (Å²) >= 11 is 15.6. The molecule has 2 aromatic carbocycles. The van der Waals surface area contributed by atoms with Crippen molar-refractivity contribution in [2.24, 2.45) is 0 Å². The van der Waals surface area contributed by atoms with Gasteiger partial charge in [-0.1, -0.05) is 51.3 Å². The number of ether oxygens (including phenoxy) is 1. The second kappa shape index (κ2) is 8.72. The zero-order chi connectivity index (χ0) is 18.7. The number of amides is 1. The standard InChI is InChI=1S/C19H19BrCl2N2O2/c1-12(19(25)23-17-10-15(21)5-6-16(17)22)24-7-8-26-18(11-24)13-3-2-4-14(20)9-13/h2-6,9-10,12,18H,7-8,11H2,1H3,(H,23,25). The summed E-state index contributed by atoms with van der Waals surface area (Å²) in [5.41, 5.74) is 1.61. The smallest absolute Gasteiger partial charge is 0.241 e. The fourth-order valence-electron chi connectivity index (χ4n) is 2.93. The van der Waals surface area contributed by atoms with Gasteiger partial charge in [0.25, 0.3) is 0 Å². The Labute approximate surface area is 171 Å². The van der Waals surface area contributed by atoms with Crippen LogP contribution in [0.25, 0.3) is 0 Å². The quantitative estimate of drug-likeness (QED) is 0.689. The van der Waals surface area contributed by atoms with E-state index >= 15 is 0 Å². The Kier molecular flexibility index (Phi) is 6.59. The number of carbonyl (C=O) groups excluding carboxylic acids is 1. The van der Waals surface area contributed by atoms with Crippen LogP contribution in [0.2, 0.25) is 10.0 Å². The molecule has 3 rings (SSSR count). The molecule has 1 aliphatic heterocycles. The number of anilines is 1. The van der Waals surface area contributed by atoms with Gasteiger partial charge in [0, 0.05) is 22.6 Å². The third-order valence-corrected chi connectivity index (χ3v) is 5.49. The second-order valence-corrected chi connectivity index (χ2v) is 7.96. The first kappa shape index (κ1) is 19.6. The van der Waals surface area contributed by atoms with Crippen molar-refractivity contribution in [1.29, 1.82) is 0 Å². The molecule has 2 unspecified atom stereocenters. The van der Waals surface area contributed by atoms with E-state index in [1.807, 2.05) is 31.2 Å². The van der Waals surface area contributed by atoms with Crippen LogP contribution in [0, 0.1) is 0 Å². The summed E-state index contributed by atoms with van der Waals surface area (Å²) in [4.78, 5) is 14.8. The van der Waals surface area contributed by atoms with Gasteiger partial charge in [0.15, 0.2) is 0 Å². The van der Waals surface area contributed by atoms with E-state index < -0.39 is 0 Å². The van der Waals surface area contributed by atoms with Gasteiger partial charge < -0.3 is 10.1 Å². The van der Waals surface area contributed by atoms with Crippen molar-refractivity contribution in [3.05, 3.63) is 62.5 Å². The van der Waals surface area contributed by atoms with Crippen molar-refractivity contribution in [2.75, 3.05) is 25.0 Å². The number of hydrogen-bond donors (Lipinski definition) is 1. The molecule has 138 valence electrons. The van der Waals surface area contributed by atoms with Crippen molar-refractivity contribution in [1.82, 2.24) is 4.90 Å². The molecule has 2 aromatic rings. The molecule has 26 heavy (non-hydrogen) atoms. The van der Waals surface area contributed by atoms with Crippen LogP contribution in [-0.4, -0.2) is 36.5 Å². The van der Waals surface area contributed by atoms with Crippen LogP contribution in [0.4, 0.5) is 5.69 Å². The second-order valence-electron chi connectivity index (χ2n) is 6.20. The first-order valence-electron chi connectivity index (χ1n) is 8.31. The minimum Gasteiger partial charge on any atom is -0.371 e. The zero-order valence-electron chi connectivity index (χ0n) is 14.2. The Morgan fingerprint density at radius 1 is 1.31 bits per heavy atom. The van der Waals surface area contributed by atoms with Crippen molar-refractivity contribution in [3.8, 4) is 0 Å². The lowest BCUT2D eigenvalue weighted by Crippen LogP contribution is -2.48. The monoisotopic (exact) mass is 456 g/mol. The highest BCUT2D eigenvalue weighted by atomic mass is 79.9. The lowest BCUT2D eigenvalue weighted by molar-refractivity contribution is -0.124. The van der Waals surface area contributed by atoms with Gasteiger partial charge in [-0.3, -0.25) is 9.69 Å². The minimum absolute atomic E-state index is 0.0637. The fraction of sp³-hybridized carbons (Fsp3) is 0.316. The van der Waals surface area contributed by atoms with Crippen molar-refractivity contribution < 1.29 is 9.53 Å². The molecule has 0 radical (unpaired) electrons. The van der Waals surface area contributed by atoms with Crippen LogP contribution in [0.5, 0.6) is 0 Å². The van der Waals surface area contributed by atoms with Crippen molar-refractivity contribution in [2.45, 2.75) is 19.1 Å². The Bertz CT molecular complexity index is 803. The molecule has 1 amide bonds. The van der Waals surface area contributed by atoms with E-state index in [0.717, 1.165) is 10.0 Å².